The third-order valence-electron chi connectivity index (χ3n) is 2.20. The molecule has 1 aromatic rings. The highest BCUT2D eigenvalue weighted by atomic mass is 19.1. The molecule has 70 valence electrons. The molecule has 0 amide bonds. The molecule has 0 heterocycles. The van der Waals surface area contributed by atoms with Crippen molar-refractivity contribution in [3.8, 4) is 0 Å². The Morgan fingerprint density at radius 2 is 2.00 bits per heavy atom. The molecule has 0 nitrogen and oxygen atoms in total. The van der Waals surface area contributed by atoms with Gasteiger partial charge in [-0.05, 0) is 36.5 Å². The van der Waals surface area contributed by atoms with E-state index in [0.29, 0.717) is 5.92 Å². The normalized spacial score (nSPS) is 12.5. The van der Waals surface area contributed by atoms with Crippen LogP contribution in [0.25, 0.3) is 0 Å². The van der Waals surface area contributed by atoms with E-state index >= 15 is 0 Å². The van der Waals surface area contributed by atoms with Crippen LogP contribution >= 0.6 is 0 Å². The molecule has 1 aromatic carbocycles. The van der Waals surface area contributed by atoms with Crippen LogP contribution in [0.15, 0.2) is 36.9 Å². The molecule has 0 aliphatic heterocycles. The monoisotopic (exact) mass is 178 g/mol. The molecule has 1 unspecified atom stereocenters. The molecule has 0 aliphatic carbocycles. The number of aryl methyl sites for hydroxylation is 1. The fraction of sp³-hybridized carbons (Fsp3) is 0.333. The van der Waals surface area contributed by atoms with Crippen molar-refractivity contribution in [2.45, 2.75) is 19.8 Å². The first-order chi connectivity index (χ1) is 6.22. The van der Waals surface area contributed by atoms with Gasteiger partial charge >= 0.3 is 0 Å². The summed E-state index contributed by atoms with van der Waals surface area (Å²) in [5, 5.41) is 0. The van der Waals surface area contributed by atoms with Crippen LogP contribution in [0.4, 0.5) is 4.39 Å². The average molecular weight is 178 g/mol. The summed E-state index contributed by atoms with van der Waals surface area (Å²) in [6.07, 6.45) is 4.02. The van der Waals surface area contributed by atoms with Crippen molar-refractivity contribution >= 4 is 0 Å². The van der Waals surface area contributed by atoms with E-state index in [9.17, 15) is 4.39 Å². The summed E-state index contributed by atoms with van der Waals surface area (Å²) in [7, 11) is 0. The molecule has 0 saturated heterocycles. The van der Waals surface area contributed by atoms with Crippen LogP contribution < -0.4 is 0 Å². The van der Waals surface area contributed by atoms with E-state index < -0.39 is 0 Å². The number of rotatable bonds is 4. The molecule has 13 heavy (non-hydrogen) atoms. The van der Waals surface area contributed by atoms with E-state index in [1.165, 1.54) is 17.7 Å². The minimum absolute atomic E-state index is 0.166. The molecule has 0 aromatic heterocycles. The molecule has 1 atom stereocenters. The van der Waals surface area contributed by atoms with E-state index in [0.717, 1.165) is 12.8 Å². The van der Waals surface area contributed by atoms with Crippen LogP contribution in [0.3, 0.4) is 0 Å². The minimum atomic E-state index is -0.166. The second-order valence-electron chi connectivity index (χ2n) is 3.38. The van der Waals surface area contributed by atoms with Gasteiger partial charge in [-0.1, -0.05) is 25.1 Å². The number of hydrogen-bond donors (Lipinski definition) is 0. The SMILES string of the molecule is C=CC(C)CCc1ccc(F)cc1. The van der Waals surface area contributed by atoms with Crippen LogP contribution in [0.2, 0.25) is 0 Å². The van der Waals surface area contributed by atoms with Gasteiger partial charge in [0.1, 0.15) is 5.82 Å². The van der Waals surface area contributed by atoms with E-state index in [1.54, 1.807) is 0 Å². The van der Waals surface area contributed by atoms with E-state index in [-0.39, 0.29) is 5.82 Å². The Hall–Kier alpha value is -1.11. The minimum Gasteiger partial charge on any atom is -0.207 e. The van der Waals surface area contributed by atoms with Crippen molar-refractivity contribution in [1.29, 1.82) is 0 Å². The van der Waals surface area contributed by atoms with Crippen LogP contribution in [0.1, 0.15) is 18.9 Å². The van der Waals surface area contributed by atoms with Crippen LogP contribution in [-0.4, -0.2) is 0 Å². The van der Waals surface area contributed by atoms with Gasteiger partial charge in [-0.25, -0.2) is 4.39 Å². The van der Waals surface area contributed by atoms with Crippen molar-refractivity contribution in [3.63, 3.8) is 0 Å². The third kappa shape index (κ3) is 3.41. The van der Waals surface area contributed by atoms with Gasteiger partial charge in [-0.15, -0.1) is 6.58 Å². The summed E-state index contributed by atoms with van der Waals surface area (Å²) in [4.78, 5) is 0. The van der Waals surface area contributed by atoms with Crippen molar-refractivity contribution in [2.24, 2.45) is 5.92 Å². The third-order valence-corrected chi connectivity index (χ3v) is 2.20. The lowest BCUT2D eigenvalue weighted by Crippen LogP contribution is -1.93. The van der Waals surface area contributed by atoms with Gasteiger partial charge in [0.05, 0.1) is 0 Å². The summed E-state index contributed by atoms with van der Waals surface area (Å²) in [6.45, 7) is 5.86. The number of benzene rings is 1. The van der Waals surface area contributed by atoms with Gasteiger partial charge in [-0.2, -0.15) is 0 Å². The molecule has 1 rings (SSSR count). The zero-order chi connectivity index (χ0) is 9.68. The van der Waals surface area contributed by atoms with E-state index in [4.69, 9.17) is 0 Å². The predicted octanol–water partition coefficient (Wildman–Crippen LogP) is 3.58. The Labute approximate surface area is 79.1 Å². The van der Waals surface area contributed by atoms with Crippen LogP contribution in [-0.2, 0) is 6.42 Å². The second-order valence-corrected chi connectivity index (χ2v) is 3.38. The van der Waals surface area contributed by atoms with Gasteiger partial charge in [-0.3, -0.25) is 0 Å². The zero-order valence-corrected chi connectivity index (χ0v) is 7.96. The maximum absolute atomic E-state index is 12.5. The lowest BCUT2D eigenvalue weighted by atomic mass is 10.0. The van der Waals surface area contributed by atoms with Crippen molar-refractivity contribution in [3.05, 3.63) is 48.3 Å². The standard InChI is InChI=1S/C12H15F/c1-3-10(2)4-5-11-6-8-12(13)9-7-11/h3,6-10H,1,4-5H2,2H3. The molecule has 0 N–H and O–H groups in total. The van der Waals surface area contributed by atoms with Crippen molar-refractivity contribution < 1.29 is 4.39 Å². The number of hydrogen-bond acceptors (Lipinski definition) is 0. The molecule has 0 fully saturated rings. The summed E-state index contributed by atoms with van der Waals surface area (Å²) < 4.78 is 12.5. The van der Waals surface area contributed by atoms with Gasteiger partial charge < -0.3 is 0 Å². The molecular weight excluding hydrogens is 163 g/mol. The second kappa shape index (κ2) is 4.80. The van der Waals surface area contributed by atoms with Crippen LogP contribution in [0.5, 0.6) is 0 Å². The first-order valence-corrected chi connectivity index (χ1v) is 4.59. The zero-order valence-electron chi connectivity index (χ0n) is 7.96. The fourth-order valence-electron chi connectivity index (χ4n) is 1.16. The molecule has 0 saturated carbocycles. The fourth-order valence-corrected chi connectivity index (χ4v) is 1.16. The molecule has 0 aliphatic rings. The molecule has 0 bridgehead atoms. The Bertz CT molecular complexity index is 261. The van der Waals surface area contributed by atoms with Crippen LogP contribution in [0, 0.1) is 11.7 Å². The van der Waals surface area contributed by atoms with Gasteiger partial charge in [0, 0.05) is 0 Å². The lowest BCUT2D eigenvalue weighted by molar-refractivity contribution is 0.623. The maximum atomic E-state index is 12.5. The van der Waals surface area contributed by atoms with E-state index in [2.05, 4.69) is 13.5 Å². The summed E-state index contributed by atoms with van der Waals surface area (Å²) in [5.74, 6) is 0.366. The Morgan fingerprint density at radius 1 is 1.38 bits per heavy atom. The van der Waals surface area contributed by atoms with Gasteiger partial charge in [0.2, 0.25) is 0 Å². The largest absolute Gasteiger partial charge is 0.207 e. The summed E-state index contributed by atoms with van der Waals surface area (Å²) in [6, 6.07) is 6.69. The van der Waals surface area contributed by atoms with Crippen molar-refractivity contribution in [2.75, 3.05) is 0 Å². The number of halogens is 1. The van der Waals surface area contributed by atoms with Gasteiger partial charge in [0.15, 0.2) is 0 Å². The Balaban J connectivity index is 2.45. The highest BCUT2D eigenvalue weighted by molar-refractivity contribution is 5.16. The first-order valence-electron chi connectivity index (χ1n) is 4.59. The Morgan fingerprint density at radius 3 is 2.54 bits per heavy atom. The molecule has 1 heteroatoms. The summed E-state index contributed by atoms with van der Waals surface area (Å²) >= 11 is 0. The summed E-state index contributed by atoms with van der Waals surface area (Å²) in [5.41, 5.74) is 1.19. The van der Waals surface area contributed by atoms with Gasteiger partial charge in [0.25, 0.3) is 0 Å². The molecule has 0 spiro atoms. The highest BCUT2D eigenvalue weighted by Crippen LogP contribution is 2.10. The highest BCUT2D eigenvalue weighted by Gasteiger charge is 1.98. The Kier molecular flexibility index (Phi) is 3.69. The quantitative estimate of drug-likeness (QED) is 0.618. The first kappa shape index (κ1) is 9.97. The topological polar surface area (TPSA) is 0 Å². The molecular formula is C12H15F. The lowest BCUT2D eigenvalue weighted by Gasteiger charge is -2.04. The maximum Gasteiger partial charge on any atom is 0.123 e. The number of allylic oxidation sites excluding steroid dienone is 1. The van der Waals surface area contributed by atoms with Crippen molar-refractivity contribution in [1.82, 2.24) is 0 Å². The predicted molar refractivity (Wildman–Crippen MR) is 54.1 cm³/mol. The average Bonchev–Trinajstić information content (AvgIpc) is 2.16. The molecule has 0 radical (unpaired) electrons. The smallest absolute Gasteiger partial charge is 0.123 e. The van der Waals surface area contributed by atoms with E-state index in [1.807, 2.05) is 18.2 Å².